The van der Waals surface area contributed by atoms with Crippen LogP contribution in [0.25, 0.3) is 0 Å². The summed E-state index contributed by atoms with van der Waals surface area (Å²) in [5.41, 5.74) is -0.0152. The van der Waals surface area contributed by atoms with Gasteiger partial charge in [-0.2, -0.15) is 0 Å². The topological polar surface area (TPSA) is 75.6 Å². The summed E-state index contributed by atoms with van der Waals surface area (Å²) in [6.07, 6.45) is 1.98. The van der Waals surface area contributed by atoms with E-state index in [1.165, 1.54) is 18.2 Å². The van der Waals surface area contributed by atoms with Crippen LogP contribution in [0.15, 0.2) is 18.2 Å². The number of aromatic carboxylic acids is 1. The van der Waals surface area contributed by atoms with Crippen LogP contribution in [-0.4, -0.2) is 29.6 Å². The molecule has 1 amide bonds. The summed E-state index contributed by atoms with van der Waals surface area (Å²) in [6.45, 7) is -0.211. The Morgan fingerprint density at radius 2 is 2.17 bits per heavy atom. The minimum absolute atomic E-state index is 0.0152. The smallest absolute Gasteiger partial charge is 0.339 e. The van der Waals surface area contributed by atoms with Crippen LogP contribution in [0.4, 0.5) is 0 Å². The monoisotopic (exact) mass is 269 g/mol. The Balaban J connectivity index is 2.00. The summed E-state index contributed by atoms with van der Waals surface area (Å²) in [7, 11) is 0. The second-order valence-corrected chi connectivity index (χ2v) is 4.51. The van der Waals surface area contributed by atoms with Crippen LogP contribution in [0.1, 0.15) is 23.2 Å². The Labute approximate surface area is 109 Å². The van der Waals surface area contributed by atoms with Crippen molar-refractivity contribution < 1.29 is 19.4 Å². The van der Waals surface area contributed by atoms with Crippen molar-refractivity contribution >= 4 is 23.5 Å². The van der Waals surface area contributed by atoms with Gasteiger partial charge >= 0.3 is 5.97 Å². The average Bonchev–Trinajstić information content (AvgIpc) is 3.10. The number of carboxylic acids is 1. The normalized spacial score (nSPS) is 14.1. The number of carbonyl (C=O) groups is 2. The van der Waals surface area contributed by atoms with Crippen molar-refractivity contribution in [3.63, 3.8) is 0 Å². The maximum Gasteiger partial charge on any atom is 0.339 e. The van der Waals surface area contributed by atoms with E-state index in [2.05, 4.69) is 5.32 Å². The number of carbonyl (C=O) groups excluding carboxylic acids is 1. The molecule has 0 atom stereocenters. The van der Waals surface area contributed by atoms with Crippen LogP contribution >= 0.6 is 11.6 Å². The molecule has 18 heavy (non-hydrogen) atoms. The fourth-order valence-electron chi connectivity index (χ4n) is 1.43. The number of rotatable bonds is 5. The highest BCUT2D eigenvalue weighted by Gasteiger charge is 2.23. The molecular formula is C12H12ClNO4. The molecule has 0 aliphatic heterocycles. The van der Waals surface area contributed by atoms with Gasteiger partial charge in [-0.1, -0.05) is 11.6 Å². The van der Waals surface area contributed by atoms with Crippen LogP contribution in [0, 0.1) is 0 Å². The van der Waals surface area contributed by atoms with Crippen LogP contribution < -0.4 is 10.1 Å². The number of benzene rings is 1. The third-order valence-electron chi connectivity index (χ3n) is 2.48. The largest absolute Gasteiger partial charge is 0.483 e. The summed E-state index contributed by atoms with van der Waals surface area (Å²) < 4.78 is 5.19. The van der Waals surface area contributed by atoms with E-state index in [0.29, 0.717) is 5.02 Å². The molecule has 1 saturated carbocycles. The van der Waals surface area contributed by atoms with Gasteiger partial charge in [0.05, 0.1) is 0 Å². The molecule has 5 nitrogen and oxygen atoms in total. The van der Waals surface area contributed by atoms with Gasteiger partial charge in [0, 0.05) is 11.1 Å². The van der Waals surface area contributed by atoms with E-state index in [0.717, 1.165) is 12.8 Å². The molecule has 2 N–H and O–H groups in total. The minimum Gasteiger partial charge on any atom is -0.483 e. The van der Waals surface area contributed by atoms with E-state index in [9.17, 15) is 9.59 Å². The minimum atomic E-state index is -1.12. The van der Waals surface area contributed by atoms with Gasteiger partial charge < -0.3 is 15.2 Å². The second-order valence-electron chi connectivity index (χ2n) is 4.08. The molecule has 0 aromatic heterocycles. The second kappa shape index (κ2) is 5.27. The molecule has 0 spiro atoms. The summed E-state index contributed by atoms with van der Waals surface area (Å²) >= 11 is 5.76. The average molecular weight is 270 g/mol. The predicted octanol–water partition coefficient (Wildman–Crippen LogP) is 1.70. The zero-order valence-corrected chi connectivity index (χ0v) is 10.2. The lowest BCUT2D eigenvalue weighted by Crippen LogP contribution is -2.30. The fraction of sp³-hybridized carbons (Fsp3) is 0.333. The Kier molecular flexibility index (Phi) is 3.72. The van der Waals surface area contributed by atoms with Crippen molar-refractivity contribution in [1.82, 2.24) is 5.32 Å². The number of ether oxygens (including phenoxy) is 1. The van der Waals surface area contributed by atoms with E-state index in [-0.39, 0.29) is 29.9 Å². The molecule has 0 radical (unpaired) electrons. The SMILES string of the molecule is O=C(COc1cc(Cl)ccc1C(=O)O)NC1CC1. The van der Waals surface area contributed by atoms with Gasteiger partial charge in [0.1, 0.15) is 11.3 Å². The molecule has 1 fully saturated rings. The van der Waals surface area contributed by atoms with Gasteiger partial charge in [-0.05, 0) is 31.0 Å². The van der Waals surface area contributed by atoms with Crippen molar-refractivity contribution in [2.45, 2.75) is 18.9 Å². The first kappa shape index (κ1) is 12.7. The van der Waals surface area contributed by atoms with Crippen LogP contribution in [0.2, 0.25) is 5.02 Å². The first-order chi connectivity index (χ1) is 8.56. The van der Waals surface area contributed by atoms with Gasteiger partial charge in [0.15, 0.2) is 6.61 Å². The third-order valence-corrected chi connectivity index (χ3v) is 2.71. The van der Waals surface area contributed by atoms with Gasteiger partial charge in [0.2, 0.25) is 0 Å². The molecule has 1 aliphatic rings. The first-order valence-electron chi connectivity index (χ1n) is 5.51. The Bertz CT molecular complexity index is 485. The maximum atomic E-state index is 11.4. The highest BCUT2D eigenvalue weighted by atomic mass is 35.5. The summed E-state index contributed by atoms with van der Waals surface area (Å²) in [5.74, 6) is -1.28. The molecule has 6 heteroatoms. The van der Waals surface area contributed by atoms with Gasteiger partial charge in [-0.3, -0.25) is 4.79 Å². The van der Waals surface area contributed by atoms with Crippen molar-refractivity contribution in [2.24, 2.45) is 0 Å². The number of nitrogens with one attached hydrogen (secondary N) is 1. The van der Waals surface area contributed by atoms with Crippen molar-refractivity contribution in [3.05, 3.63) is 28.8 Å². The third kappa shape index (κ3) is 3.37. The first-order valence-corrected chi connectivity index (χ1v) is 5.89. The van der Waals surface area contributed by atoms with Gasteiger partial charge in [-0.15, -0.1) is 0 Å². The van der Waals surface area contributed by atoms with Crippen LogP contribution in [-0.2, 0) is 4.79 Å². The van der Waals surface area contributed by atoms with Crippen molar-refractivity contribution in [1.29, 1.82) is 0 Å². The number of carboxylic acid groups (broad SMARTS) is 1. The Hall–Kier alpha value is -1.75. The molecule has 96 valence electrons. The Morgan fingerprint density at radius 3 is 2.78 bits per heavy atom. The van der Waals surface area contributed by atoms with E-state index < -0.39 is 5.97 Å². The number of amides is 1. The van der Waals surface area contributed by atoms with Gasteiger partial charge in [0.25, 0.3) is 5.91 Å². The predicted molar refractivity (Wildman–Crippen MR) is 65.1 cm³/mol. The zero-order chi connectivity index (χ0) is 13.1. The number of halogens is 1. The number of hydrogen-bond acceptors (Lipinski definition) is 3. The zero-order valence-electron chi connectivity index (χ0n) is 9.48. The maximum absolute atomic E-state index is 11.4. The molecule has 0 heterocycles. The lowest BCUT2D eigenvalue weighted by Gasteiger charge is -2.09. The van der Waals surface area contributed by atoms with E-state index in [4.69, 9.17) is 21.4 Å². The van der Waals surface area contributed by atoms with E-state index >= 15 is 0 Å². The van der Waals surface area contributed by atoms with Crippen LogP contribution in [0.3, 0.4) is 0 Å². The lowest BCUT2D eigenvalue weighted by molar-refractivity contribution is -0.123. The molecular weight excluding hydrogens is 258 g/mol. The standard InChI is InChI=1S/C12H12ClNO4/c13-7-1-4-9(12(16)17)10(5-7)18-6-11(15)14-8-2-3-8/h1,4-5,8H,2-3,6H2,(H,14,15)(H,16,17). The summed E-state index contributed by atoms with van der Waals surface area (Å²) in [5, 5.41) is 12.1. The molecule has 0 unspecified atom stereocenters. The lowest BCUT2D eigenvalue weighted by atomic mass is 10.2. The fourth-order valence-corrected chi connectivity index (χ4v) is 1.59. The molecule has 1 aromatic rings. The van der Waals surface area contributed by atoms with Crippen molar-refractivity contribution in [3.8, 4) is 5.75 Å². The van der Waals surface area contributed by atoms with E-state index in [1.54, 1.807) is 0 Å². The van der Waals surface area contributed by atoms with Crippen molar-refractivity contribution in [2.75, 3.05) is 6.61 Å². The molecule has 2 rings (SSSR count). The summed E-state index contributed by atoms with van der Waals surface area (Å²) in [4.78, 5) is 22.4. The quantitative estimate of drug-likeness (QED) is 0.853. The number of hydrogen-bond donors (Lipinski definition) is 2. The molecule has 1 aromatic carbocycles. The molecule has 0 saturated heterocycles. The van der Waals surface area contributed by atoms with Crippen LogP contribution in [0.5, 0.6) is 5.75 Å². The Morgan fingerprint density at radius 1 is 1.44 bits per heavy atom. The highest BCUT2D eigenvalue weighted by molar-refractivity contribution is 6.30. The summed E-state index contributed by atoms with van der Waals surface area (Å²) in [6, 6.07) is 4.44. The highest BCUT2D eigenvalue weighted by Crippen LogP contribution is 2.23. The van der Waals surface area contributed by atoms with Gasteiger partial charge in [-0.25, -0.2) is 4.79 Å². The molecule has 0 bridgehead atoms. The van der Waals surface area contributed by atoms with E-state index in [1.807, 2.05) is 0 Å². The molecule has 1 aliphatic carbocycles.